The summed E-state index contributed by atoms with van der Waals surface area (Å²) < 4.78 is 11.3. The maximum absolute atomic E-state index is 13.6. The number of anilines is 1. The molecule has 5 rings (SSSR count). The summed E-state index contributed by atoms with van der Waals surface area (Å²) in [5.41, 5.74) is 4.58. The highest BCUT2D eigenvalue weighted by molar-refractivity contribution is 5.98. The molecule has 1 aliphatic rings. The Balaban J connectivity index is 1.30. The average Bonchev–Trinajstić information content (AvgIpc) is 3.50. The summed E-state index contributed by atoms with van der Waals surface area (Å²) in [7, 11) is 0. The highest BCUT2D eigenvalue weighted by Crippen LogP contribution is 2.24. The molecular weight excluding hydrogens is 634 g/mol. The van der Waals surface area contributed by atoms with Gasteiger partial charge >= 0.3 is 6.09 Å². The first kappa shape index (κ1) is 35.8. The number of amides is 3. The molecule has 1 heterocycles. The lowest BCUT2D eigenvalue weighted by molar-refractivity contribution is -0.129. The van der Waals surface area contributed by atoms with E-state index in [0.29, 0.717) is 29.8 Å². The number of cyclic esters (lactones) is 1. The van der Waals surface area contributed by atoms with E-state index >= 15 is 0 Å². The van der Waals surface area contributed by atoms with Crippen molar-refractivity contribution < 1.29 is 33.8 Å². The molecule has 3 N–H and O–H groups in total. The number of hydrogen-bond acceptors (Lipinski definition) is 7. The van der Waals surface area contributed by atoms with Crippen molar-refractivity contribution in [1.29, 1.82) is 0 Å². The fourth-order valence-corrected chi connectivity index (χ4v) is 6.11. The van der Waals surface area contributed by atoms with Gasteiger partial charge in [-0.1, -0.05) is 91.0 Å². The minimum atomic E-state index is -1.14. The van der Waals surface area contributed by atoms with Crippen molar-refractivity contribution in [2.45, 2.75) is 64.3 Å². The molecule has 0 aromatic heterocycles. The molecule has 1 saturated heterocycles. The van der Waals surface area contributed by atoms with E-state index < -0.39 is 36.3 Å². The molecule has 50 heavy (non-hydrogen) atoms. The first-order valence-corrected chi connectivity index (χ1v) is 16.7. The fourth-order valence-electron chi connectivity index (χ4n) is 6.11. The molecular formula is C40H43N3O7. The lowest BCUT2D eigenvalue weighted by Gasteiger charge is -2.29. The van der Waals surface area contributed by atoms with Gasteiger partial charge in [-0.3, -0.25) is 19.3 Å². The van der Waals surface area contributed by atoms with Crippen LogP contribution in [-0.2, 0) is 27.2 Å². The van der Waals surface area contributed by atoms with Crippen molar-refractivity contribution in [3.63, 3.8) is 0 Å². The van der Waals surface area contributed by atoms with Crippen molar-refractivity contribution in [3.05, 3.63) is 131 Å². The SMILES string of the molecule is CC(=O)c1cccc(N2C[C@@H](C(=O)N[C@@H](Cc3ccccc3)[C@@H](O)C[C@H](Cc3ccccc3)NC(=O)COc3c(C)cccc3C)OC2=O)c1. The quantitative estimate of drug-likeness (QED) is 0.149. The molecule has 0 bridgehead atoms. The summed E-state index contributed by atoms with van der Waals surface area (Å²) in [6, 6.07) is 30.2. The van der Waals surface area contributed by atoms with Gasteiger partial charge in [-0.15, -0.1) is 0 Å². The van der Waals surface area contributed by atoms with Gasteiger partial charge in [-0.25, -0.2) is 4.79 Å². The third-order valence-electron chi connectivity index (χ3n) is 8.73. The number of nitrogens with one attached hydrogen (secondary N) is 2. The second kappa shape index (κ2) is 16.8. The lowest BCUT2D eigenvalue weighted by Crippen LogP contribution is -2.51. The maximum atomic E-state index is 13.6. The van der Waals surface area contributed by atoms with Crippen LogP contribution in [0.25, 0.3) is 0 Å². The Morgan fingerprint density at radius 3 is 2.12 bits per heavy atom. The molecule has 1 aliphatic heterocycles. The van der Waals surface area contributed by atoms with Crippen molar-refractivity contribution in [1.82, 2.24) is 10.6 Å². The number of Topliss-reactive ketones (excluding diaryl/α,β-unsaturated/α-hetero) is 1. The van der Waals surface area contributed by atoms with Gasteiger partial charge in [0, 0.05) is 17.3 Å². The summed E-state index contributed by atoms with van der Waals surface area (Å²) >= 11 is 0. The van der Waals surface area contributed by atoms with Gasteiger partial charge in [-0.2, -0.15) is 0 Å². The molecule has 0 spiro atoms. The van der Waals surface area contributed by atoms with E-state index in [1.807, 2.05) is 92.7 Å². The Morgan fingerprint density at radius 2 is 1.48 bits per heavy atom. The summed E-state index contributed by atoms with van der Waals surface area (Å²) in [6.07, 6.45) is -2.09. The van der Waals surface area contributed by atoms with Crippen LogP contribution in [0.3, 0.4) is 0 Å². The predicted octanol–water partition coefficient (Wildman–Crippen LogP) is 5.12. The number of benzene rings is 4. The highest BCUT2D eigenvalue weighted by Gasteiger charge is 2.39. The van der Waals surface area contributed by atoms with E-state index in [1.165, 1.54) is 11.8 Å². The van der Waals surface area contributed by atoms with Crippen LogP contribution in [0.4, 0.5) is 10.5 Å². The van der Waals surface area contributed by atoms with Gasteiger partial charge in [0.2, 0.25) is 0 Å². The number of rotatable bonds is 15. The standard InChI is InChI=1S/C40H43N3O7/c1-26-12-10-13-27(2)38(26)49-25-37(46)41-32(20-29-14-6-4-7-15-29)23-35(45)34(21-30-16-8-5-9-17-30)42-39(47)36-24-43(40(48)50-36)33-19-11-18-31(22-33)28(3)44/h4-19,22,32,34-36,45H,20-21,23-25H2,1-3H3,(H,41,46)(H,42,47)/t32-,34-,35-,36-/m0/s1. The number of hydrogen-bond donors (Lipinski definition) is 3. The van der Waals surface area contributed by atoms with E-state index in [2.05, 4.69) is 10.6 Å². The Bertz CT molecular complexity index is 1780. The Morgan fingerprint density at radius 1 is 0.860 bits per heavy atom. The normalized spacial score (nSPS) is 15.8. The first-order valence-electron chi connectivity index (χ1n) is 16.7. The summed E-state index contributed by atoms with van der Waals surface area (Å²) in [5.74, 6) is -0.391. The molecule has 4 aromatic rings. The third kappa shape index (κ3) is 9.57. The van der Waals surface area contributed by atoms with Gasteiger partial charge in [-0.05, 0) is 74.4 Å². The molecule has 0 radical (unpaired) electrons. The minimum absolute atomic E-state index is 0.0623. The zero-order valence-corrected chi connectivity index (χ0v) is 28.5. The number of aliphatic hydroxyl groups is 1. The van der Waals surface area contributed by atoms with Gasteiger partial charge in [0.15, 0.2) is 18.5 Å². The van der Waals surface area contributed by atoms with Crippen molar-refractivity contribution >= 4 is 29.4 Å². The van der Waals surface area contributed by atoms with Crippen molar-refractivity contribution in [3.8, 4) is 5.75 Å². The Labute approximate surface area is 292 Å². The molecule has 0 unspecified atom stereocenters. The summed E-state index contributed by atoms with van der Waals surface area (Å²) in [4.78, 5) is 52.9. The molecule has 4 atom stereocenters. The first-order chi connectivity index (χ1) is 24.1. The molecule has 10 heteroatoms. The van der Waals surface area contributed by atoms with Crippen LogP contribution < -0.4 is 20.3 Å². The van der Waals surface area contributed by atoms with Crippen molar-refractivity contribution in [2.24, 2.45) is 0 Å². The van der Waals surface area contributed by atoms with Crippen molar-refractivity contribution in [2.75, 3.05) is 18.1 Å². The Kier molecular flexibility index (Phi) is 12.0. The number of carbonyl (C=O) groups is 4. The molecule has 1 fully saturated rings. The topological polar surface area (TPSA) is 134 Å². The van der Waals surface area contributed by atoms with E-state index in [4.69, 9.17) is 9.47 Å². The number of ether oxygens (including phenoxy) is 2. The number of aliphatic hydroxyl groups excluding tert-OH is 1. The molecule has 10 nitrogen and oxygen atoms in total. The van der Waals surface area contributed by atoms with Crippen LogP contribution in [0.15, 0.2) is 103 Å². The largest absolute Gasteiger partial charge is 0.483 e. The minimum Gasteiger partial charge on any atom is -0.483 e. The smallest absolute Gasteiger partial charge is 0.415 e. The van der Waals surface area contributed by atoms with E-state index in [-0.39, 0.29) is 31.3 Å². The number of nitrogens with zero attached hydrogens (tertiary/aromatic N) is 1. The average molecular weight is 678 g/mol. The highest BCUT2D eigenvalue weighted by atomic mass is 16.6. The number of para-hydroxylation sites is 1. The molecule has 0 aliphatic carbocycles. The van der Waals surface area contributed by atoms with E-state index in [9.17, 15) is 24.3 Å². The van der Waals surface area contributed by atoms with Gasteiger partial charge in [0.25, 0.3) is 11.8 Å². The molecule has 3 amide bonds. The zero-order chi connectivity index (χ0) is 35.6. The van der Waals surface area contributed by atoms with Gasteiger partial charge in [0.1, 0.15) is 5.75 Å². The van der Waals surface area contributed by atoms with Crippen LogP contribution in [0.2, 0.25) is 0 Å². The van der Waals surface area contributed by atoms with Gasteiger partial charge in [0.05, 0.1) is 18.7 Å². The van der Waals surface area contributed by atoms with Crippen LogP contribution >= 0.6 is 0 Å². The number of ketones is 1. The number of carbonyl (C=O) groups excluding carboxylic acids is 4. The predicted molar refractivity (Wildman–Crippen MR) is 190 cm³/mol. The second-order valence-electron chi connectivity index (χ2n) is 12.7. The Hall–Kier alpha value is -5.48. The summed E-state index contributed by atoms with van der Waals surface area (Å²) in [5, 5.41) is 17.7. The second-order valence-corrected chi connectivity index (χ2v) is 12.7. The van der Waals surface area contributed by atoms with Gasteiger partial charge < -0.3 is 25.2 Å². The van der Waals surface area contributed by atoms with E-state index in [0.717, 1.165) is 22.3 Å². The zero-order valence-electron chi connectivity index (χ0n) is 28.5. The fraction of sp³-hybridized carbons (Fsp3) is 0.300. The van der Waals surface area contributed by atoms with Crippen LogP contribution in [0, 0.1) is 13.8 Å². The molecule has 4 aromatic carbocycles. The van der Waals surface area contributed by atoms with Crippen LogP contribution in [-0.4, -0.2) is 66.2 Å². The van der Waals surface area contributed by atoms with Crippen LogP contribution in [0.5, 0.6) is 5.75 Å². The third-order valence-corrected chi connectivity index (χ3v) is 8.73. The summed E-state index contributed by atoms with van der Waals surface area (Å²) in [6.45, 7) is 5.02. The number of aryl methyl sites for hydroxylation is 2. The van der Waals surface area contributed by atoms with E-state index in [1.54, 1.807) is 24.3 Å². The molecule has 0 saturated carbocycles. The maximum Gasteiger partial charge on any atom is 0.415 e. The van der Waals surface area contributed by atoms with Crippen LogP contribution in [0.1, 0.15) is 46.0 Å². The monoisotopic (exact) mass is 677 g/mol. The lowest BCUT2D eigenvalue weighted by atomic mass is 9.93. The molecule has 260 valence electrons.